The van der Waals surface area contributed by atoms with Crippen LogP contribution in [0, 0.1) is 11.3 Å². The van der Waals surface area contributed by atoms with Crippen molar-refractivity contribution in [2.75, 3.05) is 6.61 Å². The highest BCUT2D eigenvalue weighted by atomic mass is 16.3. The van der Waals surface area contributed by atoms with Crippen LogP contribution in [0.5, 0.6) is 0 Å². The smallest absolute Gasteiger partial charge is 0.0991 e. The van der Waals surface area contributed by atoms with E-state index >= 15 is 0 Å². The Kier molecular flexibility index (Phi) is 2.81. The lowest BCUT2D eigenvalue weighted by Gasteiger charge is -2.07. The number of benzene rings is 1. The van der Waals surface area contributed by atoms with Gasteiger partial charge in [0.1, 0.15) is 0 Å². The molecule has 0 aromatic heterocycles. The minimum Gasteiger partial charge on any atom is -0.394 e. The van der Waals surface area contributed by atoms with E-state index in [1.54, 1.807) is 24.3 Å². The van der Waals surface area contributed by atoms with Crippen LogP contribution < -0.4 is 5.73 Å². The Morgan fingerprint density at radius 3 is 2.92 bits per heavy atom. The van der Waals surface area contributed by atoms with Crippen LogP contribution in [-0.2, 0) is 0 Å². The Labute approximate surface area is 71.1 Å². The second-order valence-corrected chi connectivity index (χ2v) is 2.53. The minimum absolute atomic E-state index is 0.102. The van der Waals surface area contributed by atoms with Crippen LogP contribution in [0.3, 0.4) is 0 Å². The summed E-state index contributed by atoms with van der Waals surface area (Å²) < 4.78 is 0. The molecule has 0 aliphatic carbocycles. The fourth-order valence-corrected chi connectivity index (χ4v) is 0.944. The summed E-state index contributed by atoms with van der Waals surface area (Å²) in [5.41, 5.74) is 6.91. The molecule has 0 saturated carbocycles. The summed E-state index contributed by atoms with van der Waals surface area (Å²) in [5, 5.41) is 17.3. The summed E-state index contributed by atoms with van der Waals surface area (Å²) in [6.45, 7) is -0.102. The van der Waals surface area contributed by atoms with Crippen LogP contribution >= 0.6 is 0 Å². The maximum absolute atomic E-state index is 8.74. The van der Waals surface area contributed by atoms with Gasteiger partial charge in [-0.2, -0.15) is 5.26 Å². The molecule has 0 radical (unpaired) electrons. The van der Waals surface area contributed by atoms with Crippen LogP contribution in [-0.4, -0.2) is 11.7 Å². The van der Waals surface area contributed by atoms with E-state index in [0.717, 1.165) is 5.56 Å². The van der Waals surface area contributed by atoms with Crippen molar-refractivity contribution in [1.82, 2.24) is 0 Å². The fraction of sp³-hybridized carbons (Fsp3) is 0.222. The predicted octanol–water partition coefficient (Wildman–Crippen LogP) is 0.550. The normalized spacial score (nSPS) is 12.1. The molecule has 0 unspecified atom stereocenters. The Bertz CT molecular complexity index is 304. The van der Waals surface area contributed by atoms with Crippen LogP contribution in [0.25, 0.3) is 0 Å². The highest BCUT2D eigenvalue weighted by molar-refractivity contribution is 5.34. The molecular formula is C9H10N2O. The first-order chi connectivity index (χ1) is 5.77. The third-order valence-electron chi connectivity index (χ3n) is 1.64. The second kappa shape index (κ2) is 3.86. The van der Waals surface area contributed by atoms with Crippen molar-refractivity contribution < 1.29 is 5.11 Å². The molecule has 0 bridgehead atoms. The van der Waals surface area contributed by atoms with Gasteiger partial charge in [0.25, 0.3) is 0 Å². The average Bonchev–Trinajstić information content (AvgIpc) is 2.17. The first kappa shape index (κ1) is 8.72. The average molecular weight is 162 g/mol. The van der Waals surface area contributed by atoms with E-state index < -0.39 is 6.04 Å². The molecule has 3 nitrogen and oxygen atoms in total. The molecule has 1 atom stereocenters. The van der Waals surface area contributed by atoms with Crippen LogP contribution in [0.1, 0.15) is 17.2 Å². The van der Waals surface area contributed by atoms with Gasteiger partial charge in [0, 0.05) is 0 Å². The molecule has 62 valence electrons. The molecule has 3 N–H and O–H groups in total. The van der Waals surface area contributed by atoms with Crippen molar-refractivity contribution in [3.05, 3.63) is 35.4 Å². The molecule has 1 aromatic carbocycles. The van der Waals surface area contributed by atoms with E-state index in [9.17, 15) is 0 Å². The van der Waals surface area contributed by atoms with E-state index in [1.807, 2.05) is 6.07 Å². The van der Waals surface area contributed by atoms with E-state index in [2.05, 4.69) is 0 Å². The number of nitrogens with two attached hydrogens (primary N) is 1. The third-order valence-corrected chi connectivity index (χ3v) is 1.64. The molecule has 0 saturated heterocycles. The molecule has 0 aliphatic heterocycles. The summed E-state index contributed by atoms with van der Waals surface area (Å²) in [6, 6.07) is 8.55. The Morgan fingerprint density at radius 1 is 1.58 bits per heavy atom. The van der Waals surface area contributed by atoms with Gasteiger partial charge in [-0.25, -0.2) is 0 Å². The van der Waals surface area contributed by atoms with Crippen molar-refractivity contribution in [2.24, 2.45) is 5.73 Å². The minimum atomic E-state index is -0.390. The van der Waals surface area contributed by atoms with Gasteiger partial charge in [0.15, 0.2) is 0 Å². The quantitative estimate of drug-likeness (QED) is 0.667. The lowest BCUT2D eigenvalue weighted by atomic mass is 10.1. The fourth-order valence-electron chi connectivity index (χ4n) is 0.944. The number of nitriles is 1. The SMILES string of the molecule is N#Cc1cccc([C@@H](N)CO)c1. The number of rotatable bonds is 2. The van der Waals surface area contributed by atoms with Gasteiger partial charge in [-0.1, -0.05) is 12.1 Å². The first-order valence-electron chi connectivity index (χ1n) is 3.64. The van der Waals surface area contributed by atoms with Gasteiger partial charge < -0.3 is 10.8 Å². The lowest BCUT2D eigenvalue weighted by molar-refractivity contribution is 0.268. The summed E-state index contributed by atoms with van der Waals surface area (Å²) in [7, 11) is 0. The molecule has 0 heterocycles. The van der Waals surface area contributed by atoms with E-state index in [4.69, 9.17) is 16.1 Å². The van der Waals surface area contributed by atoms with Crippen molar-refractivity contribution in [1.29, 1.82) is 5.26 Å². The third kappa shape index (κ3) is 1.82. The number of hydrogen-bond acceptors (Lipinski definition) is 3. The molecule has 0 fully saturated rings. The predicted molar refractivity (Wildman–Crippen MR) is 45.2 cm³/mol. The number of hydrogen-bond donors (Lipinski definition) is 2. The zero-order valence-electron chi connectivity index (χ0n) is 6.57. The highest BCUT2D eigenvalue weighted by Crippen LogP contribution is 2.10. The zero-order valence-corrected chi connectivity index (χ0v) is 6.57. The maximum atomic E-state index is 8.74. The maximum Gasteiger partial charge on any atom is 0.0991 e. The molecular weight excluding hydrogens is 152 g/mol. The van der Waals surface area contributed by atoms with Crippen LogP contribution in [0.2, 0.25) is 0 Å². The van der Waals surface area contributed by atoms with Gasteiger partial charge in [-0.05, 0) is 17.7 Å². The van der Waals surface area contributed by atoms with Gasteiger partial charge in [-0.15, -0.1) is 0 Å². The van der Waals surface area contributed by atoms with E-state index in [0.29, 0.717) is 5.56 Å². The number of aliphatic hydroxyl groups excluding tert-OH is 1. The monoisotopic (exact) mass is 162 g/mol. The standard InChI is InChI=1S/C9H10N2O/c10-5-7-2-1-3-8(4-7)9(11)6-12/h1-4,9,12H,6,11H2/t9-/m0/s1. The summed E-state index contributed by atoms with van der Waals surface area (Å²) in [4.78, 5) is 0. The molecule has 3 heteroatoms. The summed E-state index contributed by atoms with van der Waals surface area (Å²) in [6.07, 6.45) is 0. The Balaban J connectivity index is 2.95. The number of aliphatic hydroxyl groups is 1. The molecule has 12 heavy (non-hydrogen) atoms. The molecule has 0 spiro atoms. The van der Waals surface area contributed by atoms with E-state index in [1.165, 1.54) is 0 Å². The van der Waals surface area contributed by atoms with E-state index in [-0.39, 0.29) is 6.61 Å². The molecule has 0 amide bonds. The van der Waals surface area contributed by atoms with Crippen LogP contribution in [0.15, 0.2) is 24.3 Å². The van der Waals surface area contributed by atoms with Crippen molar-refractivity contribution in [2.45, 2.75) is 6.04 Å². The summed E-state index contributed by atoms with van der Waals surface area (Å²) in [5.74, 6) is 0. The second-order valence-electron chi connectivity index (χ2n) is 2.53. The van der Waals surface area contributed by atoms with Gasteiger partial charge >= 0.3 is 0 Å². The molecule has 1 rings (SSSR count). The molecule has 0 aliphatic rings. The summed E-state index contributed by atoms with van der Waals surface area (Å²) >= 11 is 0. The zero-order chi connectivity index (χ0) is 8.97. The van der Waals surface area contributed by atoms with Gasteiger partial charge in [-0.3, -0.25) is 0 Å². The Morgan fingerprint density at radius 2 is 2.33 bits per heavy atom. The van der Waals surface area contributed by atoms with Crippen molar-refractivity contribution in [3.8, 4) is 6.07 Å². The van der Waals surface area contributed by atoms with Gasteiger partial charge in [0.2, 0.25) is 0 Å². The molecule has 1 aromatic rings. The lowest BCUT2D eigenvalue weighted by Crippen LogP contribution is -2.14. The highest BCUT2D eigenvalue weighted by Gasteiger charge is 2.03. The topological polar surface area (TPSA) is 70.0 Å². The van der Waals surface area contributed by atoms with Crippen molar-refractivity contribution in [3.63, 3.8) is 0 Å². The van der Waals surface area contributed by atoms with Crippen LogP contribution in [0.4, 0.5) is 0 Å². The van der Waals surface area contributed by atoms with Crippen molar-refractivity contribution >= 4 is 0 Å². The number of nitrogens with zero attached hydrogens (tertiary/aromatic N) is 1. The van der Waals surface area contributed by atoms with Gasteiger partial charge in [0.05, 0.1) is 24.3 Å². The Hall–Kier alpha value is -1.37. The largest absolute Gasteiger partial charge is 0.394 e. The first-order valence-corrected chi connectivity index (χ1v) is 3.64.